The fourth-order valence-corrected chi connectivity index (χ4v) is 2.53. The van der Waals surface area contributed by atoms with Crippen LogP contribution in [0.1, 0.15) is 44.6 Å². The van der Waals surface area contributed by atoms with Crippen LogP contribution in [-0.4, -0.2) is 0 Å². The minimum Gasteiger partial charge on any atom is -0.0654 e. The Hall–Kier alpha value is -1.30. The summed E-state index contributed by atoms with van der Waals surface area (Å²) >= 11 is 0. The van der Waals surface area contributed by atoms with Gasteiger partial charge >= 0.3 is 0 Å². The summed E-state index contributed by atoms with van der Waals surface area (Å²) in [5.41, 5.74) is 1.53. The van der Waals surface area contributed by atoms with Crippen molar-refractivity contribution in [2.45, 2.75) is 39.0 Å². The highest BCUT2D eigenvalue weighted by molar-refractivity contribution is 5.86. The quantitative estimate of drug-likeness (QED) is 0.658. The first-order valence-corrected chi connectivity index (χ1v) is 6.34. The van der Waals surface area contributed by atoms with E-state index in [1.807, 2.05) is 0 Å². The lowest BCUT2D eigenvalue weighted by molar-refractivity contribution is 0.600. The van der Waals surface area contributed by atoms with Gasteiger partial charge in [-0.15, -0.1) is 0 Å². The van der Waals surface area contributed by atoms with Crippen molar-refractivity contribution in [1.29, 1.82) is 0 Å². The second-order valence-corrected chi connectivity index (χ2v) is 4.46. The number of hydrogen-bond donors (Lipinski definition) is 0. The van der Waals surface area contributed by atoms with Gasteiger partial charge in [-0.05, 0) is 35.1 Å². The third kappa shape index (κ3) is 2.11. The molecule has 0 spiro atoms. The molecule has 0 aliphatic heterocycles. The average Bonchev–Trinajstić information content (AvgIpc) is 2.35. The van der Waals surface area contributed by atoms with Gasteiger partial charge < -0.3 is 0 Å². The predicted octanol–water partition coefficient (Wildman–Crippen LogP) is 5.13. The van der Waals surface area contributed by atoms with Crippen LogP contribution in [0.15, 0.2) is 42.5 Å². The van der Waals surface area contributed by atoms with Crippen molar-refractivity contribution < 1.29 is 0 Å². The molecule has 2 aromatic rings. The van der Waals surface area contributed by atoms with Gasteiger partial charge in [0.2, 0.25) is 0 Å². The summed E-state index contributed by atoms with van der Waals surface area (Å²) in [6.07, 6.45) is 3.80. The van der Waals surface area contributed by atoms with Gasteiger partial charge in [0, 0.05) is 0 Å². The Morgan fingerprint density at radius 3 is 2.44 bits per heavy atom. The number of hydrogen-bond acceptors (Lipinski definition) is 0. The molecular weight excluding hydrogens is 192 g/mol. The van der Waals surface area contributed by atoms with E-state index in [0.29, 0.717) is 0 Å². The van der Waals surface area contributed by atoms with Gasteiger partial charge in [0.05, 0.1) is 0 Å². The lowest BCUT2D eigenvalue weighted by atomic mass is 9.88. The summed E-state index contributed by atoms with van der Waals surface area (Å²) in [6.45, 7) is 4.57. The van der Waals surface area contributed by atoms with E-state index in [1.54, 1.807) is 0 Å². The van der Waals surface area contributed by atoms with E-state index < -0.39 is 0 Å². The lowest BCUT2D eigenvalue weighted by Gasteiger charge is -2.16. The third-order valence-electron chi connectivity index (χ3n) is 3.39. The van der Waals surface area contributed by atoms with Crippen molar-refractivity contribution in [3.05, 3.63) is 48.0 Å². The monoisotopic (exact) mass is 212 g/mol. The summed E-state index contributed by atoms with van der Waals surface area (Å²) in [4.78, 5) is 0. The van der Waals surface area contributed by atoms with Crippen LogP contribution < -0.4 is 0 Å². The van der Waals surface area contributed by atoms with E-state index in [4.69, 9.17) is 0 Å². The first-order valence-electron chi connectivity index (χ1n) is 6.34. The fraction of sp³-hybridized carbons (Fsp3) is 0.375. The van der Waals surface area contributed by atoms with E-state index in [1.165, 1.54) is 35.6 Å². The minimum absolute atomic E-state index is 0.719. The first-order chi connectivity index (χ1) is 7.86. The van der Waals surface area contributed by atoms with Crippen molar-refractivity contribution >= 4 is 10.8 Å². The zero-order chi connectivity index (χ0) is 11.4. The summed E-state index contributed by atoms with van der Waals surface area (Å²) in [6, 6.07) is 15.4. The topological polar surface area (TPSA) is 0 Å². The van der Waals surface area contributed by atoms with E-state index in [9.17, 15) is 0 Å². The maximum atomic E-state index is 2.30. The molecule has 0 radical (unpaired) electrons. The van der Waals surface area contributed by atoms with E-state index >= 15 is 0 Å². The van der Waals surface area contributed by atoms with Crippen molar-refractivity contribution in [1.82, 2.24) is 0 Å². The molecule has 0 saturated carbocycles. The van der Waals surface area contributed by atoms with Gasteiger partial charge in [-0.3, -0.25) is 0 Å². The van der Waals surface area contributed by atoms with Gasteiger partial charge in [0.15, 0.2) is 0 Å². The zero-order valence-corrected chi connectivity index (χ0v) is 10.2. The van der Waals surface area contributed by atoms with E-state index in [-0.39, 0.29) is 0 Å². The van der Waals surface area contributed by atoms with Gasteiger partial charge in [-0.25, -0.2) is 0 Å². The zero-order valence-electron chi connectivity index (χ0n) is 10.2. The fourth-order valence-electron chi connectivity index (χ4n) is 2.53. The van der Waals surface area contributed by atoms with E-state index in [0.717, 1.165) is 5.92 Å². The normalized spacial score (nSPS) is 12.9. The Labute approximate surface area is 98.3 Å². The Bertz CT molecular complexity index is 451. The van der Waals surface area contributed by atoms with Crippen LogP contribution >= 0.6 is 0 Å². The van der Waals surface area contributed by atoms with Crippen LogP contribution in [0.4, 0.5) is 0 Å². The Morgan fingerprint density at radius 1 is 0.938 bits per heavy atom. The molecule has 0 nitrogen and oxygen atoms in total. The average molecular weight is 212 g/mol. The molecule has 0 heterocycles. The van der Waals surface area contributed by atoms with Crippen LogP contribution in [0.25, 0.3) is 10.8 Å². The Morgan fingerprint density at radius 2 is 1.69 bits per heavy atom. The maximum absolute atomic E-state index is 2.30. The van der Waals surface area contributed by atoms with Crippen LogP contribution in [0, 0.1) is 0 Å². The summed E-state index contributed by atoms with van der Waals surface area (Å²) in [7, 11) is 0. The molecule has 0 fully saturated rings. The van der Waals surface area contributed by atoms with Crippen LogP contribution in [0.5, 0.6) is 0 Å². The molecule has 0 aromatic heterocycles. The first kappa shape index (κ1) is 11.2. The van der Waals surface area contributed by atoms with Gasteiger partial charge in [0.1, 0.15) is 0 Å². The molecule has 0 aliphatic rings. The predicted molar refractivity (Wildman–Crippen MR) is 71.9 cm³/mol. The lowest BCUT2D eigenvalue weighted by Crippen LogP contribution is -1.97. The summed E-state index contributed by atoms with van der Waals surface area (Å²) < 4.78 is 0. The van der Waals surface area contributed by atoms with Crippen molar-refractivity contribution in [3.63, 3.8) is 0 Å². The SMILES string of the molecule is CCCC(CC)c1cccc2ccccc12. The van der Waals surface area contributed by atoms with Crippen LogP contribution in [0.2, 0.25) is 0 Å². The number of fused-ring (bicyclic) bond motifs is 1. The molecule has 0 saturated heterocycles. The molecule has 0 amide bonds. The molecule has 2 rings (SSSR count). The second kappa shape index (κ2) is 5.16. The molecule has 0 bridgehead atoms. The molecule has 0 heteroatoms. The maximum Gasteiger partial charge on any atom is -0.0149 e. The summed E-state index contributed by atoms with van der Waals surface area (Å²) in [5, 5.41) is 2.81. The largest absolute Gasteiger partial charge is 0.0654 e. The van der Waals surface area contributed by atoms with Crippen LogP contribution in [-0.2, 0) is 0 Å². The van der Waals surface area contributed by atoms with Crippen molar-refractivity contribution in [2.75, 3.05) is 0 Å². The van der Waals surface area contributed by atoms with Gasteiger partial charge in [0.25, 0.3) is 0 Å². The molecule has 1 unspecified atom stereocenters. The Kier molecular flexibility index (Phi) is 3.61. The molecular formula is C16H20. The molecule has 1 atom stereocenters. The van der Waals surface area contributed by atoms with Gasteiger partial charge in [-0.1, -0.05) is 62.7 Å². The van der Waals surface area contributed by atoms with Crippen molar-refractivity contribution in [2.24, 2.45) is 0 Å². The standard InChI is InChI=1S/C16H20/c1-3-8-13(4-2)15-12-7-10-14-9-5-6-11-16(14)15/h5-7,9-13H,3-4,8H2,1-2H3. The van der Waals surface area contributed by atoms with Gasteiger partial charge in [-0.2, -0.15) is 0 Å². The van der Waals surface area contributed by atoms with Crippen molar-refractivity contribution in [3.8, 4) is 0 Å². The molecule has 16 heavy (non-hydrogen) atoms. The molecule has 0 N–H and O–H groups in total. The molecule has 0 aliphatic carbocycles. The molecule has 84 valence electrons. The van der Waals surface area contributed by atoms with E-state index in [2.05, 4.69) is 56.3 Å². The molecule has 2 aromatic carbocycles. The Balaban J connectivity index is 2.50. The summed E-state index contributed by atoms with van der Waals surface area (Å²) in [5.74, 6) is 0.719. The smallest absolute Gasteiger partial charge is 0.0149 e. The highest BCUT2D eigenvalue weighted by Crippen LogP contribution is 2.30. The third-order valence-corrected chi connectivity index (χ3v) is 3.39. The highest BCUT2D eigenvalue weighted by atomic mass is 14.1. The number of rotatable bonds is 4. The number of benzene rings is 2. The minimum atomic E-state index is 0.719. The van der Waals surface area contributed by atoms with Crippen LogP contribution in [0.3, 0.4) is 0 Å². The second-order valence-electron chi connectivity index (χ2n) is 4.46. The highest BCUT2D eigenvalue weighted by Gasteiger charge is 2.10.